The van der Waals surface area contributed by atoms with Crippen LogP contribution in [-0.2, 0) is 9.53 Å². The predicted octanol–water partition coefficient (Wildman–Crippen LogP) is 2.96. The molecule has 0 unspecified atom stereocenters. The van der Waals surface area contributed by atoms with Crippen LogP contribution in [-0.4, -0.2) is 29.0 Å². The van der Waals surface area contributed by atoms with Crippen LogP contribution in [0.25, 0.3) is 0 Å². The van der Waals surface area contributed by atoms with E-state index in [1.807, 2.05) is 13.8 Å². The van der Waals surface area contributed by atoms with E-state index in [-0.39, 0.29) is 18.1 Å². The Balaban J connectivity index is 2.45. The number of amides is 2. The lowest BCUT2D eigenvalue weighted by molar-refractivity contribution is -0.129. The number of hydrogen-bond donors (Lipinski definition) is 0. The molecule has 4 nitrogen and oxygen atoms in total. The molecule has 2 amide bonds. The third-order valence-electron chi connectivity index (χ3n) is 3.47. The summed E-state index contributed by atoms with van der Waals surface area (Å²) in [6.07, 6.45) is 2.86. The summed E-state index contributed by atoms with van der Waals surface area (Å²) in [5, 5.41) is 0. The number of rotatable bonds is 5. The molecule has 4 heteroatoms. The third-order valence-corrected chi connectivity index (χ3v) is 3.47. The van der Waals surface area contributed by atoms with Crippen molar-refractivity contribution >= 4 is 12.0 Å². The maximum atomic E-state index is 11.9. The highest BCUT2D eigenvalue weighted by molar-refractivity contribution is 5.93. The molecule has 0 aromatic heterocycles. The molecule has 0 saturated carbocycles. The summed E-state index contributed by atoms with van der Waals surface area (Å²) in [7, 11) is 0. The minimum absolute atomic E-state index is 0.102. The third kappa shape index (κ3) is 3.45. The Hall–Kier alpha value is -1.06. The highest BCUT2D eigenvalue weighted by atomic mass is 16.6. The zero-order valence-corrected chi connectivity index (χ0v) is 11.2. The van der Waals surface area contributed by atoms with E-state index in [0.717, 1.165) is 19.3 Å². The van der Waals surface area contributed by atoms with Gasteiger partial charge in [-0.25, -0.2) is 9.69 Å². The van der Waals surface area contributed by atoms with Gasteiger partial charge in [0.15, 0.2) is 0 Å². The van der Waals surface area contributed by atoms with Gasteiger partial charge in [0.25, 0.3) is 0 Å². The van der Waals surface area contributed by atoms with Gasteiger partial charge in [-0.1, -0.05) is 26.7 Å². The van der Waals surface area contributed by atoms with Gasteiger partial charge in [0.2, 0.25) is 5.91 Å². The second-order valence-corrected chi connectivity index (χ2v) is 5.03. The number of ether oxygens (including phenoxy) is 1. The van der Waals surface area contributed by atoms with Crippen LogP contribution in [0, 0.1) is 5.92 Å². The van der Waals surface area contributed by atoms with Gasteiger partial charge < -0.3 is 4.74 Å². The van der Waals surface area contributed by atoms with Gasteiger partial charge in [0, 0.05) is 6.42 Å². The Morgan fingerprint density at radius 2 is 2.06 bits per heavy atom. The first-order chi connectivity index (χ1) is 7.97. The number of nitrogens with zero attached hydrogens (tertiary/aromatic N) is 1. The molecule has 3 atom stereocenters. The molecule has 0 aromatic rings. The van der Waals surface area contributed by atoms with Gasteiger partial charge in [-0.2, -0.15) is 0 Å². The molecule has 98 valence electrons. The number of hydrogen-bond acceptors (Lipinski definition) is 3. The Labute approximate surface area is 103 Å². The summed E-state index contributed by atoms with van der Waals surface area (Å²) in [5.41, 5.74) is 0. The quantitative estimate of drug-likeness (QED) is 0.743. The molecule has 17 heavy (non-hydrogen) atoms. The molecular weight excluding hydrogens is 218 g/mol. The molecule has 1 rings (SSSR count). The van der Waals surface area contributed by atoms with E-state index in [1.54, 1.807) is 0 Å². The minimum Gasteiger partial charge on any atom is -0.444 e. The van der Waals surface area contributed by atoms with E-state index in [2.05, 4.69) is 13.8 Å². The summed E-state index contributed by atoms with van der Waals surface area (Å²) in [6, 6.07) is -0.142. The summed E-state index contributed by atoms with van der Waals surface area (Å²) in [6.45, 7) is 7.95. The van der Waals surface area contributed by atoms with Crippen LogP contribution in [0.5, 0.6) is 0 Å². The van der Waals surface area contributed by atoms with Crippen molar-refractivity contribution in [3.8, 4) is 0 Å². The van der Waals surface area contributed by atoms with Crippen molar-refractivity contribution in [2.75, 3.05) is 0 Å². The van der Waals surface area contributed by atoms with Crippen molar-refractivity contribution in [1.82, 2.24) is 4.90 Å². The molecule has 0 radical (unpaired) electrons. The van der Waals surface area contributed by atoms with E-state index in [4.69, 9.17) is 4.74 Å². The van der Waals surface area contributed by atoms with Crippen molar-refractivity contribution in [1.29, 1.82) is 0 Å². The fourth-order valence-electron chi connectivity index (χ4n) is 2.15. The van der Waals surface area contributed by atoms with Crippen LogP contribution < -0.4 is 0 Å². The van der Waals surface area contributed by atoms with E-state index in [9.17, 15) is 9.59 Å². The number of carbonyl (C=O) groups excluding carboxylic acids is 2. The Kier molecular flexibility index (Phi) is 4.97. The molecule has 1 saturated heterocycles. The molecule has 1 aliphatic heterocycles. The minimum atomic E-state index is -0.488. The first-order valence-electron chi connectivity index (χ1n) is 6.50. The lowest BCUT2D eigenvalue weighted by atomic mass is 10.00. The topological polar surface area (TPSA) is 46.6 Å². The molecule has 0 aromatic carbocycles. The van der Waals surface area contributed by atoms with Gasteiger partial charge in [-0.05, 0) is 26.2 Å². The molecule has 0 aliphatic carbocycles. The lowest BCUT2D eigenvalue weighted by Crippen LogP contribution is -2.38. The van der Waals surface area contributed by atoms with E-state index in [0.29, 0.717) is 12.3 Å². The Morgan fingerprint density at radius 3 is 2.53 bits per heavy atom. The molecular formula is C13H23NO3. The lowest BCUT2D eigenvalue weighted by Gasteiger charge is -2.18. The number of cyclic esters (lactones) is 1. The molecule has 1 aliphatic rings. The highest BCUT2D eigenvalue weighted by Gasteiger charge is 2.39. The highest BCUT2D eigenvalue weighted by Crippen LogP contribution is 2.21. The van der Waals surface area contributed by atoms with Gasteiger partial charge in [0.05, 0.1) is 6.04 Å². The van der Waals surface area contributed by atoms with Crippen LogP contribution in [0.2, 0.25) is 0 Å². The van der Waals surface area contributed by atoms with Crippen LogP contribution >= 0.6 is 0 Å². The van der Waals surface area contributed by atoms with Crippen molar-refractivity contribution < 1.29 is 14.3 Å². The first kappa shape index (κ1) is 14.0. The van der Waals surface area contributed by atoms with Crippen molar-refractivity contribution in [2.45, 2.75) is 65.5 Å². The second-order valence-electron chi connectivity index (χ2n) is 5.03. The fourth-order valence-corrected chi connectivity index (χ4v) is 2.15. The monoisotopic (exact) mass is 241 g/mol. The smallest absolute Gasteiger partial charge is 0.417 e. The summed E-state index contributed by atoms with van der Waals surface area (Å²) in [5.74, 6) is 0.435. The van der Waals surface area contributed by atoms with Crippen LogP contribution in [0.4, 0.5) is 4.79 Å². The van der Waals surface area contributed by atoms with Crippen LogP contribution in [0.1, 0.15) is 53.4 Å². The first-order valence-corrected chi connectivity index (χ1v) is 6.50. The molecule has 0 N–H and O–H groups in total. The number of imide groups is 1. The Bertz CT molecular complexity index is 290. The van der Waals surface area contributed by atoms with Gasteiger partial charge in [-0.3, -0.25) is 4.79 Å². The Morgan fingerprint density at radius 1 is 1.41 bits per heavy atom. The van der Waals surface area contributed by atoms with Gasteiger partial charge in [0.1, 0.15) is 6.10 Å². The standard InChI is InChI=1S/C13H23NO3/c1-5-6-9(2)7-8-12(15)14-10(3)11(4)17-13(14)16/h9-11H,5-8H2,1-4H3/t9-,10-,11+/m1/s1. The van der Waals surface area contributed by atoms with Crippen LogP contribution in [0.15, 0.2) is 0 Å². The maximum absolute atomic E-state index is 11.9. The zero-order valence-electron chi connectivity index (χ0n) is 11.2. The van der Waals surface area contributed by atoms with Crippen LogP contribution in [0.3, 0.4) is 0 Å². The average molecular weight is 241 g/mol. The van der Waals surface area contributed by atoms with Gasteiger partial charge >= 0.3 is 6.09 Å². The molecule has 0 bridgehead atoms. The van der Waals surface area contributed by atoms with Gasteiger partial charge in [-0.15, -0.1) is 0 Å². The van der Waals surface area contributed by atoms with Crippen molar-refractivity contribution in [3.63, 3.8) is 0 Å². The SMILES string of the molecule is CCC[C@@H](C)CCC(=O)N1C(=O)O[C@@H](C)[C@H]1C. The predicted molar refractivity (Wildman–Crippen MR) is 65.6 cm³/mol. The molecule has 1 heterocycles. The van der Waals surface area contributed by atoms with E-state index in [1.165, 1.54) is 4.90 Å². The largest absolute Gasteiger partial charge is 0.444 e. The van der Waals surface area contributed by atoms with Crippen molar-refractivity contribution in [2.24, 2.45) is 5.92 Å². The summed E-state index contributed by atoms with van der Waals surface area (Å²) >= 11 is 0. The average Bonchev–Trinajstić information content (AvgIpc) is 2.50. The summed E-state index contributed by atoms with van der Waals surface area (Å²) < 4.78 is 5.03. The van der Waals surface area contributed by atoms with E-state index >= 15 is 0 Å². The molecule has 0 spiro atoms. The normalized spacial score (nSPS) is 25.9. The summed E-state index contributed by atoms with van der Waals surface area (Å²) in [4.78, 5) is 24.7. The number of carbonyl (C=O) groups is 2. The van der Waals surface area contributed by atoms with E-state index < -0.39 is 6.09 Å². The fraction of sp³-hybridized carbons (Fsp3) is 0.846. The maximum Gasteiger partial charge on any atom is 0.417 e. The second kappa shape index (κ2) is 6.03. The molecule has 1 fully saturated rings. The zero-order chi connectivity index (χ0) is 13.0. The van der Waals surface area contributed by atoms with Crippen molar-refractivity contribution in [3.05, 3.63) is 0 Å².